The van der Waals surface area contributed by atoms with Crippen LogP contribution in [0.3, 0.4) is 0 Å². The van der Waals surface area contributed by atoms with Crippen molar-refractivity contribution < 1.29 is 9.15 Å². The number of aromatic nitrogens is 2. The molecule has 2 atom stereocenters. The minimum atomic E-state index is 0.0617. The molecule has 1 fully saturated rings. The van der Waals surface area contributed by atoms with E-state index in [0.29, 0.717) is 43.1 Å². The quantitative estimate of drug-likeness (QED) is 0.629. The Hall–Kier alpha value is -3.53. The lowest BCUT2D eigenvalue weighted by Crippen LogP contribution is -2.47. The smallest absolute Gasteiger partial charge is 0.250 e. The highest BCUT2D eigenvalue weighted by Gasteiger charge is 2.36. The molecule has 0 saturated carbocycles. The molecule has 0 amide bonds. The van der Waals surface area contributed by atoms with Crippen molar-refractivity contribution in [3.05, 3.63) is 64.2 Å². The Bertz CT molecular complexity index is 1190. The Morgan fingerprint density at radius 3 is 2.81 bits per heavy atom. The Labute approximate surface area is 180 Å². The fourth-order valence-electron chi connectivity index (χ4n) is 4.70. The molecule has 4 heterocycles. The van der Waals surface area contributed by atoms with Gasteiger partial charge in [0, 0.05) is 42.9 Å². The number of nitrogens with zero attached hydrogens (tertiary/aromatic N) is 4. The van der Waals surface area contributed by atoms with E-state index < -0.39 is 0 Å². The van der Waals surface area contributed by atoms with E-state index in [1.165, 1.54) is 0 Å². The summed E-state index contributed by atoms with van der Waals surface area (Å²) in [6, 6.07) is 15.2. The van der Waals surface area contributed by atoms with E-state index >= 15 is 0 Å². The van der Waals surface area contributed by atoms with Crippen LogP contribution < -0.4 is 15.2 Å². The molecule has 0 radical (unpaired) electrons. The van der Waals surface area contributed by atoms with E-state index in [1.807, 2.05) is 41.0 Å². The van der Waals surface area contributed by atoms with Crippen LogP contribution in [0.2, 0.25) is 0 Å². The van der Waals surface area contributed by atoms with Gasteiger partial charge in [-0.25, -0.2) is 0 Å². The highest BCUT2D eigenvalue weighted by molar-refractivity contribution is 5.60. The van der Waals surface area contributed by atoms with Crippen LogP contribution in [0.5, 0.6) is 5.75 Å². The number of rotatable bonds is 5. The van der Waals surface area contributed by atoms with Crippen LogP contribution in [0, 0.1) is 17.2 Å². The molecule has 7 nitrogen and oxygen atoms in total. The molecule has 2 aromatic heterocycles. The highest BCUT2D eigenvalue weighted by atomic mass is 16.5. The molecule has 158 valence electrons. The van der Waals surface area contributed by atoms with Crippen LogP contribution in [0.15, 0.2) is 51.7 Å². The summed E-state index contributed by atoms with van der Waals surface area (Å²) in [5, 5.41) is 9.68. The van der Waals surface area contributed by atoms with Crippen molar-refractivity contribution in [3.8, 4) is 23.3 Å². The van der Waals surface area contributed by atoms with Gasteiger partial charge in [0.25, 0.3) is 5.56 Å². The van der Waals surface area contributed by atoms with Gasteiger partial charge < -0.3 is 18.6 Å². The molecule has 1 saturated heterocycles. The number of anilines is 1. The van der Waals surface area contributed by atoms with Crippen molar-refractivity contribution >= 4 is 5.88 Å². The number of hydrogen-bond acceptors (Lipinski definition) is 6. The van der Waals surface area contributed by atoms with Crippen LogP contribution in [0.25, 0.3) is 11.5 Å². The molecule has 0 N–H and O–H groups in total. The first kappa shape index (κ1) is 19.4. The molecule has 0 spiro atoms. The minimum absolute atomic E-state index is 0.0617. The largest absolute Gasteiger partial charge is 0.494 e. The predicted molar refractivity (Wildman–Crippen MR) is 116 cm³/mol. The molecule has 5 rings (SSSR count). The lowest BCUT2D eigenvalue weighted by atomic mass is 9.83. The summed E-state index contributed by atoms with van der Waals surface area (Å²) in [4.78, 5) is 18.8. The fourth-order valence-corrected chi connectivity index (χ4v) is 4.70. The molecular weight excluding hydrogens is 392 g/mol. The third kappa shape index (κ3) is 3.59. The van der Waals surface area contributed by atoms with Gasteiger partial charge in [0.15, 0.2) is 0 Å². The third-order valence-corrected chi connectivity index (χ3v) is 6.06. The summed E-state index contributed by atoms with van der Waals surface area (Å²) in [7, 11) is 0. The highest BCUT2D eigenvalue weighted by Crippen LogP contribution is 2.39. The number of nitriles is 1. The second-order valence-corrected chi connectivity index (χ2v) is 8.26. The van der Waals surface area contributed by atoms with E-state index in [0.717, 1.165) is 36.4 Å². The summed E-state index contributed by atoms with van der Waals surface area (Å²) in [6.45, 7) is 4.88. The van der Waals surface area contributed by atoms with Crippen LogP contribution in [-0.4, -0.2) is 29.2 Å². The van der Waals surface area contributed by atoms with Crippen LogP contribution in [0.4, 0.5) is 5.88 Å². The fraction of sp³-hybridized carbons (Fsp3) is 0.375. The number of ether oxygens (including phenoxy) is 1. The number of oxazole rings is 1. The Balaban J connectivity index is 1.42. The molecule has 2 bridgehead atoms. The normalized spacial score (nSPS) is 19.5. The van der Waals surface area contributed by atoms with Crippen LogP contribution in [0.1, 0.15) is 37.1 Å². The zero-order chi connectivity index (χ0) is 21.4. The van der Waals surface area contributed by atoms with Gasteiger partial charge in [-0.2, -0.15) is 10.2 Å². The van der Waals surface area contributed by atoms with Crippen LogP contribution in [-0.2, 0) is 6.54 Å². The Morgan fingerprint density at radius 2 is 2.03 bits per heavy atom. The second-order valence-electron chi connectivity index (χ2n) is 8.26. The minimum Gasteiger partial charge on any atom is -0.494 e. The van der Waals surface area contributed by atoms with E-state index in [-0.39, 0.29) is 11.5 Å². The van der Waals surface area contributed by atoms with Crippen LogP contribution >= 0.6 is 0 Å². The van der Waals surface area contributed by atoms with E-state index in [2.05, 4.69) is 22.9 Å². The lowest BCUT2D eigenvalue weighted by molar-refractivity contribution is 0.275. The van der Waals surface area contributed by atoms with Gasteiger partial charge in [-0.05, 0) is 49.1 Å². The maximum atomic E-state index is 12.3. The zero-order valence-corrected chi connectivity index (χ0v) is 17.5. The molecule has 2 aliphatic rings. The lowest BCUT2D eigenvalue weighted by Gasteiger charge is -2.42. The Morgan fingerprint density at radius 1 is 1.19 bits per heavy atom. The number of hydrogen-bond donors (Lipinski definition) is 0. The number of benzene rings is 1. The predicted octanol–water partition coefficient (Wildman–Crippen LogP) is 3.79. The average Bonchev–Trinajstić information content (AvgIpc) is 3.23. The van der Waals surface area contributed by atoms with Crippen molar-refractivity contribution in [1.29, 1.82) is 5.26 Å². The second kappa shape index (κ2) is 7.95. The first-order valence-electron chi connectivity index (χ1n) is 10.7. The average molecular weight is 416 g/mol. The maximum Gasteiger partial charge on any atom is 0.250 e. The molecular formula is C24H24N4O3. The maximum absolute atomic E-state index is 12.3. The van der Waals surface area contributed by atoms with Gasteiger partial charge in [-0.15, -0.1) is 0 Å². The molecule has 31 heavy (non-hydrogen) atoms. The summed E-state index contributed by atoms with van der Waals surface area (Å²) in [6.07, 6.45) is 2.00. The van der Waals surface area contributed by atoms with Crippen molar-refractivity contribution in [2.75, 3.05) is 24.6 Å². The van der Waals surface area contributed by atoms with E-state index in [9.17, 15) is 10.1 Å². The third-order valence-electron chi connectivity index (χ3n) is 6.06. The number of fused-ring (bicyclic) bond motifs is 4. The summed E-state index contributed by atoms with van der Waals surface area (Å²) >= 11 is 0. The van der Waals surface area contributed by atoms with Crippen molar-refractivity contribution in [2.24, 2.45) is 5.92 Å². The zero-order valence-electron chi connectivity index (χ0n) is 17.5. The molecule has 2 aliphatic heterocycles. The molecule has 1 aromatic carbocycles. The number of piperidine rings is 1. The van der Waals surface area contributed by atoms with Crippen molar-refractivity contribution in [1.82, 2.24) is 9.55 Å². The van der Waals surface area contributed by atoms with Gasteiger partial charge >= 0.3 is 0 Å². The first-order valence-corrected chi connectivity index (χ1v) is 10.7. The number of pyridine rings is 1. The SMILES string of the molecule is CCCOc1ccc(-c2nc(C#N)c(N3C[C@@H]4C[C@H](C3)c3cccc(=O)n3C4)o2)cc1. The van der Waals surface area contributed by atoms with Crippen molar-refractivity contribution in [2.45, 2.75) is 32.2 Å². The summed E-state index contributed by atoms with van der Waals surface area (Å²) in [5.74, 6) is 2.32. The van der Waals surface area contributed by atoms with Gasteiger partial charge in [-0.1, -0.05) is 13.0 Å². The standard InChI is InChI=1S/C24H24N4O3/c1-2-10-30-19-8-6-17(7-9-19)23-26-20(12-25)24(31-23)27-13-16-11-18(15-27)21-4-3-5-22(29)28(21)14-16/h3-9,16,18H,2,10-11,13-15H2,1H3/t16-,18+/m0/s1. The Kier molecular flexibility index (Phi) is 4.99. The topological polar surface area (TPSA) is 84.3 Å². The molecule has 3 aromatic rings. The van der Waals surface area contributed by atoms with Gasteiger partial charge in [-0.3, -0.25) is 4.79 Å². The monoisotopic (exact) mass is 416 g/mol. The first-order chi connectivity index (χ1) is 15.2. The molecule has 7 heteroatoms. The summed E-state index contributed by atoms with van der Waals surface area (Å²) in [5.41, 5.74) is 2.23. The summed E-state index contributed by atoms with van der Waals surface area (Å²) < 4.78 is 13.6. The molecule has 0 aliphatic carbocycles. The van der Waals surface area contributed by atoms with Gasteiger partial charge in [0.2, 0.25) is 17.5 Å². The van der Waals surface area contributed by atoms with E-state index in [1.54, 1.807) is 6.07 Å². The molecule has 0 unspecified atom stereocenters. The van der Waals surface area contributed by atoms with E-state index in [4.69, 9.17) is 9.15 Å². The van der Waals surface area contributed by atoms with Gasteiger partial charge in [0.1, 0.15) is 11.8 Å². The van der Waals surface area contributed by atoms with Gasteiger partial charge in [0.05, 0.1) is 6.61 Å². The van der Waals surface area contributed by atoms with Crippen molar-refractivity contribution in [3.63, 3.8) is 0 Å².